The van der Waals surface area contributed by atoms with Crippen LogP contribution in [0.4, 0.5) is 0 Å². The standard InChI is InChI=1S/C6H13NO4/c1-9-5-3(7)4(8)6(10-2)11-5/h3-6,8H,7H2,1-2H3/t3-,4-,5-,6-/m1/s1. The Balaban J connectivity index is 2.53. The first-order chi connectivity index (χ1) is 5.20. The van der Waals surface area contributed by atoms with Gasteiger partial charge in [0.05, 0.1) is 6.04 Å². The molecular weight excluding hydrogens is 150 g/mol. The Morgan fingerprint density at radius 3 is 2.09 bits per heavy atom. The van der Waals surface area contributed by atoms with E-state index >= 15 is 0 Å². The monoisotopic (exact) mass is 163 g/mol. The molecule has 11 heavy (non-hydrogen) atoms. The van der Waals surface area contributed by atoms with Crippen molar-refractivity contribution in [2.24, 2.45) is 5.73 Å². The molecule has 0 aliphatic carbocycles. The molecule has 1 fully saturated rings. The molecule has 1 saturated heterocycles. The number of aliphatic hydroxyl groups excluding tert-OH is 1. The van der Waals surface area contributed by atoms with E-state index in [1.807, 2.05) is 0 Å². The second-order valence-corrected chi connectivity index (χ2v) is 2.41. The summed E-state index contributed by atoms with van der Waals surface area (Å²) in [4.78, 5) is 0. The van der Waals surface area contributed by atoms with Gasteiger partial charge in [0.15, 0.2) is 12.6 Å². The van der Waals surface area contributed by atoms with Gasteiger partial charge in [-0.3, -0.25) is 0 Å². The van der Waals surface area contributed by atoms with E-state index < -0.39 is 24.7 Å². The van der Waals surface area contributed by atoms with Crippen LogP contribution in [-0.4, -0.2) is 44.1 Å². The number of hydrogen-bond acceptors (Lipinski definition) is 5. The lowest BCUT2D eigenvalue weighted by molar-refractivity contribution is -0.200. The van der Waals surface area contributed by atoms with Crippen LogP contribution in [0.5, 0.6) is 0 Å². The van der Waals surface area contributed by atoms with E-state index in [9.17, 15) is 5.11 Å². The van der Waals surface area contributed by atoms with Gasteiger partial charge in [0.1, 0.15) is 6.10 Å². The first-order valence-electron chi connectivity index (χ1n) is 3.35. The molecule has 1 heterocycles. The summed E-state index contributed by atoms with van der Waals surface area (Å²) in [5.41, 5.74) is 5.52. The highest BCUT2D eigenvalue weighted by Gasteiger charge is 2.41. The molecule has 3 N–H and O–H groups in total. The summed E-state index contributed by atoms with van der Waals surface area (Å²) in [6.07, 6.45) is -2.06. The third-order valence-corrected chi connectivity index (χ3v) is 1.72. The Morgan fingerprint density at radius 2 is 1.82 bits per heavy atom. The Labute approximate surface area is 65.0 Å². The van der Waals surface area contributed by atoms with Crippen molar-refractivity contribution in [3.05, 3.63) is 0 Å². The number of aliphatic hydroxyl groups is 1. The van der Waals surface area contributed by atoms with Gasteiger partial charge < -0.3 is 25.1 Å². The topological polar surface area (TPSA) is 73.9 Å². The van der Waals surface area contributed by atoms with Gasteiger partial charge in [0.25, 0.3) is 0 Å². The number of methoxy groups -OCH3 is 2. The second kappa shape index (κ2) is 3.46. The first kappa shape index (κ1) is 8.89. The van der Waals surface area contributed by atoms with Crippen molar-refractivity contribution >= 4 is 0 Å². The van der Waals surface area contributed by atoms with Gasteiger partial charge in [-0.2, -0.15) is 0 Å². The fourth-order valence-electron chi connectivity index (χ4n) is 1.05. The molecule has 0 aromatic heterocycles. The molecule has 0 saturated carbocycles. The van der Waals surface area contributed by atoms with Gasteiger partial charge in [-0.25, -0.2) is 0 Å². The van der Waals surface area contributed by atoms with Crippen LogP contribution in [0.25, 0.3) is 0 Å². The van der Waals surface area contributed by atoms with Crippen molar-refractivity contribution < 1.29 is 19.3 Å². The van der Waals surface area contributed by atoms with Gasteiger partial charge in [0.2, 0.25) is 0 Å². The van der Waals surface area contributed by atoms with E-state index in [1.165, 1.54) is 14.2 Å². The van der Waals surface area contributed by atoms with Crippen molar-refractivity contribution in [2.75, 3.05) is 14.2 Å². The van der Waals surface area contributed by atoms with E-state index in [0.717, 1.165) is 0 Å². The van der Waals surface area contributed by atoms with Crippen LogP contribution in [0.15, 0.2) is 0 Å². The molecule has 66 valence electrons. The Bertz CT molecular complexity index is 114. The van der Waals surface area contributed by atoms with Crippen LogP contribution in [-0.2, 0) is 14.2 Å². The summed E-state index contributed by atoms with van der Waals surface area (Å²) >= 11 is 0. The van der Waals surface area contributed by atoms with Crippen molar-refractivity contribution in [1.29, 1.82) is 0 Å². The smallest absolute Gasteiger partial charge is 0.187 e. The molecular formula is C6H13NO4. The molecule has 0 unspecified atom stereocenters. The number of nitrogens with two attached hydrogens (primary N) is 1. The van der Waals surface area contributed by atoms with E-state index in [1.54, 1.807) is 0 Å². The molecule has 0 radical (unpaired) electrons. The van der Waals surface area contributed by atoms with Crippen molar-refractivity contribution in [1.82, 2.24) is 0 Å². The zero-order valence-electron chi connectivity index (χ0n) is 6.56. The largest absolute Gasteiger partial charge is 0.386 e. The van der Waals surface area contributed by atoms with Crippen molar-refractivity contribution in [3.8, 4) is 0 Å². The molecule has 1 aliphatic heterocycles. The van der Waals surface area contributed by atoms with E-state index in [2.05, 4.69) is 0 Å². The first-order valence-corrected chi connectivity index (χ1v) is 3.35. The van der Waals surface area contributed by atoms with Crippen LogP contribution in [0, 0.1) is 0 Å². The summed E-state index contributed by atoms with van der Waals surface area (Å²) < 4.78 is 14.7. The summed E-state index contributed by atoms with van der Waals surface area (Å²) in [5.74, 6) is 0. The fraction of sp³-hybridized carbons (Fsp3) is 1.00. The van der Waals surface area contributed by atoms with Crippen LogP contribution < -0.4 is 5.73 Å². The zero-order chi connectivity index (χ0) is 8.43. The fourth-order valence-corrected chi connectivity index (χ4v) is 1.05. The van der Waals surface area contributed by atoms with Gasteiger partial charge in [-0.1, -0.05) is 0 Å². The quantitative estimate of drug-likeness (QED) is 0.526. The Hall–Kier alpha value is -0.200. The molecule has 4 atom stereocenters. The highest BCUT2D eigenvalue weighted by atomic mass is 16.8. The molecule has 1 aliphatic rings. The minimum atomic E-state index is -0.815. The minimum absolute atomic E-state index is 0.537. The third-order valence-electron chi connectivity index (χ3n) is 1.72. The highest BCUT2D eigenvalue weighted by molar-refractivity contribution is 4.84. The summed E-state index contributed by atoms with van der Waals surface area (Å²) in [6.45, 7) is 0. The van der Waals surface area contributed by atoms with Gasteiger partial charge in [0, 0.05) is 14.2 Å². The van der Waals surface area contributed by atoms with Crippen LogP contribution >= 0.6 is 0 Å². The van der Waals surface area contributed by atoms with Gasteiger partial charge >= 0.3 is 0 Å². The molecule has 0 amide bonds. The van der Waals surface area contributed by atoms with E-state index in [0.29, 0.717) is 0 Å². The number of ether oxygens (including phenoxy) is 3. The number of hydrogen-bond donors (Lipinski definition) is 2. The van der Waals surface area contributed by atoms with E-state index in [-0.39, 0.29) is 0 Å². The maximum absolute atomic E-state index is 9.30. The lowest BCUT2D eigenvalue weighted by Crippen LogP contribution is -2.41. The minimum Gasteiger partial charge on any atom is -0.386 e. The van der Waals surface area contributed by atoms with Crippen LogP contribution in [0.1, 0.15) is 0 Å². The predicted octanol–water partition coefficient (Wildman–Crippen LogP) is -1.35. The maximum Gasteiger partial charge on any atom is 0.187 e. The molecule has 1 rings (SSSR count). The average Bonchev–Trinajstić information content (AvgIpc) is 2.30. The molecule has 0 aromatic rings. The van der Waals surface area contributed by atoms with Crippen molar-refractivity contribution in [3.63, 3.8) is 0 Å². The number of rotatable bonds is 2. The maximum atomic E-state index is 9.30. The zero-order valence-corrected chi connectivity index (χ0v) is 6.56. The average molecular weight is 163 g/mol. The van der Waals surface area contributed by atoms with Crippen molar-refractivity contribution in [2.45, 2.75) is 24.7 Å². The summed E-state index contributed by atoms with van der Waals surface area (Å²) in [6, 6.07) is -0.537. The summed E-state index contributed by atoms with van der Waals surface area (Å²) in [7, 11) is 2.91. The molecule has 0 aromatic carbocycles. The van der Waals surface area contributed by atoms with E-state index in [4.69, 9.17) is 19.9 Å². The predicted molar refractivity (Wildman–Crippen MR) is 36.7 cm³/mol. The lowest BCUT2D eigenvalue weighted by atomic mass is 10.2. The molecule has 5 heteroatoms. The summed E-state index contributed by atoms with van der Waals surface area (Å²) in [5, 5.41) is 9.30. The molecule has 5 nitrogen and oxygen atoms in total. The third kappa shape index (κ3) is 1.52. The second-order valence-electron chi connectivity index (χ2n) is 2.41. The lowest BCUT2D eigenvalue weighted by Gasteiger charge is -2.12. The normalized spacial score (nSPS) is 44.7. The molecule has 0 spiro atoms. The Morgan fingerprint density at radius 1 is 1.27 bits per heavy atom. The van der Waals surface area contributed by atoms with Crippen LogP contribution in [0.2, 0.25) is 0 Å². The van der Waals surface area contributed by atoms with Gasteiger partial charge in [-0.15, -0.1) is 0 Å². The molecule has 0 bridgehead atoms. The highest BCUT2D eigenvalue weighted by Crippen LogP contribution is 2.19. The Kier molecular flexibility index (Phi) is 2.80. The SMILES string of the molecule is CO[C@@H]1O[C@@H](OC)[C@H](O)[C@H]1N. The van der Waals surface area contributed by atoms with Crippen LogP contribution in [0.3, 0.4) is 0 Å². The van der Waals surface area contributed by atoms with Gasteiger partial charge in [-0.05, 0) is 0 Å².